The lowest BCUT2D eigenvalue weighted by atomic mass is 10.1. The number of carbonyl (C=O) groups excluding carboxylic acids is 1. The van der Waals surface area contributed by atoms with Crippen molar-refractivity contribution in [2.75, 3.05) is 5.32 Å². The second-order valence-electron chi connectivity index (χ2n) is 4.67. The van der Waals surface area contributed by atoms with Gasteiger partial charge in [-0.1, -0.05) is 30.3 Å². The summed E-state index contributed by atoms with van der Waals surface area (Å²) in [6.07, 6.45) is 4.22. The van der Waals surface area contributed by atoms with Crippen LogP contribution < -0.4 is 5.32 Å². The van der Waals surface area contributed by atoms with E-state index in [0.717, 1.165) is 5.56 Å². The third-order valence-electron chi connectivity index (χ3n) is 2.96. The van der Waals surface area contributed by atoms with E-state index in [2.05, 4.69) is 10.4 Å². The Morgan fingerprint density at radius 1 is 1.19 bits per heavy atom. The number of aryl methyl sites for hydroxylation is 2. The molecule has 0 radical (unpaired) electrons. The largest absolute Gasteiger partial charge is 0.481 e. The Hall–Kier alpha value is -2.63. The van der Waals surface area contributed by atoms with E-state index >= 15 is 0 Å². The van der Waals surface area contributed by atoms with E-state index in [4.69, 9.17) is 5.11 Å². The van der Waals surface area contributed by atoms with Gasteiger partial charge in [-0.15, -0.1) is 0 Å². The van der Waals surface area contributed by atoms with Crippen LogP contribution in [0.4, 0.5) is 5.69 Å². The molecule has 6 heteroatoms. The van der Waals surface area contributed by atoms with Gasteiger partial charge in [-0.25, -0.2) is 0 Å². The summed E-state index contributed by atoms with van der Waals surface area (Å²) in [5, 5.41) is 15.3. The van der Waals surface area contributed by atoms with Crippen molar-refractivity contribution < 1.29 is 14.7 Å². The number of nitrogens with one attached hydrogen (secondary N) is 1. The van der Waals surface area contributed by atoms with Crippen LogP contribution in [0.3, 0.4) is 0 Å². The first-order valence-corrected chi connectivity index (χ1v) is 6.71. The van der Waals surface area contributed by atoms with E-state index in [9.17, 15) is 9.59 Å². The van der Waals surface area contributed by atoms with Crippen molar-refractivity contribution in [3.05, 3.63) is 48.3 Å². The third kappa shape index (κ3) is 5.10. The number of carboxylic acids is 1. The highest BCUT2D eigenvalue weighted by Gasteiger charge is 2.06. The number of aliphatic carboxylic acids is 1. The molecule has 1 aromatic carbocycles. The maximum absolute atomic E-state index is 11.8. The van der Waals surface area contributed by atoms with Gasteiger partial charge in [0.05, 0.1) is 24.8 Å². The topological polar surface area (TPSA) is 84.2 Å². The standard InChI is InChI=1S/C15H17N3O3/c19-14(7-6-12-4-2-1-3-5-12)17-13-10-16-18(11-13)9-8-15(20)21/h1-5,10-11H,6-9H2,(H,17,19)(H,20,21). The van der Waals surface area contributed by atoms with Crippen LogP contribution in [0.15, 0.2) is 42.7 Å². The molecule has 0 atom stereocenters. The van der Waals surface area contributed by atoms with E-state index in [0.29, 0.717) is 18.5 Å². The summed E-state index contributed by atoms with van der Waals surface area (Å²) in [4.78, 5) is 22.3. The number of carbonyl (C=O) groups is 2. The van der Waals surface area contributed by atoms with Crippen LogP contribution in [-0.4, -0.2) is 26.8 Å². The van der Waals surface area contributed by atoms with Crippen LogP contribution >= 0.6 is 0 Å². The van der Waals surface area contributed by atoms with Gasteiger partial charge in [0.2, 0.25) is 5.91 Å². The van der Waals surface area contributed by atoms with E-state index < -0.39 is 5.97 Å². The van der Waals surface area contributed by atoms with E-state index in [-0.39, 0.29) is 18.9 Å². The monoisotopic (exact) mass is 287 g/mol. The Morgan fingerprint density at radius 2 is 1.95 bits per heavy atom. The number of nitrogens with zero attached hydrogens (tertiary/aromatic N) is 2. The average molecular weight is 287 g/mol. The van der Waals surface area contributed by atoms with Gasteiger partial charge in [0.25, 0.3) is 0 Å². The minimum Gasteiger partial charge on any atom is -0.481 e. The zero-order valence-electron chi connectivity index (χ0n) is 11.5. The van der Waals surface area contributed by atoms with Gasteiger partial charge in [-0.2, -0.15) is 5.10 Å². The van der Waals surface area contributed by atoms with Gasteiger partial charge >= 0.3 is 5.97 Å². The lowest BCUT2D eigenvalue weighted by Crippen LogP contribution is -2.12. The Labute approximate surface area is 122 Å². The number of hydrogen-bond acceptors (Lipinski definition) is 3. The van der Waals surface area contributed by atoms with E-state index in [1.807, 2.05) is 30.3 Å². The first-order valence-electron chi connectivity index (χ1n) is 6.71. The highest BCUT2D eigenvalue weighted by Crippen LogP contribution is 2.08. The molecule has 21 heavy (non-hydrogen) atoms. The number of aromatic nitrogens is 2. The van der Waals surface area contributed by atoms with Crippen molar-refractivity contribution in [1.29, 1.82) is 0 Å². The lowest BCUT2D eigenvalue weighted by molar-refractivity contribution is -0.137. The summed E-state index contributed by atoms with van der Waals surface area (Å²) in [5.74, 6) is -0.962. The van der Waals surface area contributed by atoms with Crippen LogP contribution in [0, 0.1) is 0 Å². The highest BCUT2D eigenvalue weighted by molar-refractivity contribution is 5.90. The number of anilines is 1. The molecule has 0 aliphatic heterocycles. The van der Waals surface area contributed by atoms with Crippen LogP contribution in [0.1, 0.15) is 18.4 Å². The van der Waals surface area contributed by atoms with Crippen molar-refractivity contribution in [3.8, 4) is 0 Å². The summed E-state index contributed by atoms with van der Waals surface area (Å²) in [7, 11) is 0. The molecule has 0 aliphatic carbocycles. The molecular weight excluding hydrogens is 270 g/mol. The Bertz CT molecular complexity index is 608. The van der Waals surface area contributed by atoms with Gasteiger partial charge in [0, 0.05) is 12.6 Å². The molecule has 0 aliphatic rings. The molecule has 0 saturated heterocycles. The smallest absolute Gasteiger partial charge is 0.305 e. The zero-order valence-corrected chi connectivity index (χ0v) is 11.5. The van der Waals surface area contributed by atoms with Crippen LogP contribution in [0.25, 0.3) is 0 Å². The van der Waals surface area contributed by atoms with Gasteiger partial charge in [0.1, 0.15) is 0 Å². The number of rotatable bonds is 7. The number of amides is 1. The van der Waals surface area contributed by atoms with Gasteiger partial charge in [0.15, 0.2) is 0 Å². The Kier molecular flexibility index (Phi) is 5.09. The first-order chi connectivity index (χ1) is 10.1. The first kappa shape index (κ1) is 14.8. The number of carboxylic acid groups (broad SMARTS) is 1. The summed E-state index contributed by atoms with van der Waals surface area (Å²) in [6, 6.07) is 9.79. The van der Waals surface area contributed by atoms with E-state index in [1.54, 1.807) is 6.20 Å². The fourth-order valence-corrected chi connectivity index (χ4v) is 1.89. The maximum atomic E-state index is 11.8. The summed E-state index contributed by atoms with van der Waals surface area (Å²) in [5.41, 5.74) is 1.70. The SMILES string of the molecule is O=C(O)CCn1cc(NC(=O)CCc2ccccc2)cn1. The quantitative estimate of drug-likeness (QED) is 0.815. The molecule has 1 aromatic heterocycles. The predicted molar refractivity (Wildman–Crippen MR) is 77.9 cm³/mol. The normalized spacial score (nSPS) is 10.3. The minimum atomic E-state index is -0.876. The molecule has 1 heterocycles. The summed E-state index contributed by atoms with van der Waals surface area (Å²) >= 11 is 0. The minimum absolute atomic E-state index is 0.00305. The molecule has 2 aromatic rings. The second-order valence-corrected chi connectivity index (χ2v) is 4.67. The fraction of sp³-hybridized carbons (Fsp3) is 0.267. The highest BCUT2D eigenvalue weighted by atomic mass is 16.4. The van der Waals surface area contributed by atoms with Crippen molar-refractivity contribution in [3.63, 3.8) is 0 Å². The number of hydrogen-bond donors (Lipinski definition) is 2. The molecule has 6 nitrogen and oxygen atoms in total. The molecule has 110 valence electrons. The molecule has 2 N–H and O–H groups in total. The predicted octanol–water partition coefficient (Wildman–Crippen LogP) is 1.93. The second kappa shape index (κ2) is 7.23. The average Bonchev–Trinajstić information content (AvgIpc) is 2.91. The van der Waals surface area contributed by atoms with Crippen molar-refractivity contribution in [2.45, 2.75) is 25.8 Å². The molecule has 0 spiro atoms. The molecule has 0 saturated carbocycles. The summed E-state index contributed by atoms with van der Waals surface area (Å²) < 4.78 is 1.50. The Morgan fingerprint density at radius 3 is 2.67 bits per heavy atom. The van der Waals surface area contributed by atoms with Crippen molar-refractivity contribution in [2.24, 2.45) is 0 Å². The molecule has 0 fully saturated rings. The molecule has 0 unspecified atom stereocenters. The van der Waals surface area contributed by atoms with Gasteiger partial charge in [-0.05, 0) is 12.0 Å². The summed E-state index contributed by atoms with van der Waals surface area (Å²) in [6.45, 7) is 0.287. The third-order valence-corrected chi connectivity index (χ3v) is 2.96. The van der Waals surface area contributed by atoms with Crippen LogP contribution in [0.5, 0.6) is 0 Å². The number of benzene rings is 1. The molecule has 1 amide bonds. The van der Waals surface area contributed by atoms with E-state index in [1.165, 1.54) is 10.9 Å². The fourth-order valence-electron chi connectivity index (χ4n) is 1.89. The van der Waals surface area contributed by atoms with Crippen molar-refractivity contribution >= 4 is 17.6 Å². The molecule has 0 bridgehead atoms. The van der Waals surface area contributed by atoms with Gasteiger partial charge in [-0.3, -0.25) is 14.3 Å². The maximum Gasteiger partial charge on any atom is 0.305 e. The van der Waals surface area contributed by atoms with Crippen LogP contribution in [0.2, 0.25) is 0 Å². The van der Waals surface area contributed by atoms with Gasteiger partial charge < -0.3 is 10.4 Å². The van der Waals surface area contributed by atoms with Crippen LogP contribution in [-0.2, 0) is 22.6 Å². The molecular formula is C15H17N3O3. The Balaban J connectivity index is 1.78. The zero-order chi connectivity index (χ0) is 15.1. The molecule has 2 rings (SSSR count). The lowest BCUT2D eigenvalue weighted by Gasteiger charge is -2.02. The van der Waals surface area contributed by atoms with Crippen molar-refractivity contribution in [1.82, 2.24) is 9.78 Å².